The highest BCUT2D eigenvalue weighted by Gasteiger charge is 2.79. The number of nitrogens with zero attached hydrogens (tertiary/aromatic N) is 2. The summed E-state index contributed by atoms with van der Waals surface area (Å²) in [4.78, 5) is 69.5. The molecular weight excluding hydrogens is 715 g/mol. The Morgan fingerprint density at radius 1 is 0.964 bits per heavy atom. The molecule has 2 bridgehead atoms. The largest absolute Gasteiger partial charge is 0.455 e. The first kappa shape index (κ1) is 39.9. The van der Waals surface area contributed by atoms with E-state index in [2.05, 4.69) is 10.1 Å². The normalized spacial score (nSPS) is 35.1. The van der Waals surface area contributed by atoms with Crippen LogP contribution in [0.3, 0.4) is 0 Å². The summed E-state index contributed by atoms with van der Waals surface area (Å²) in [5.74, 6) is -6.54. The Labute approximate surface area is 318 Å². The number of rotatable bonds is 9. The SMILES string of the molecule is [B]N=N[C@@H](c1ccccc1)[C@@H](O)C(=O)OC1(C)C2=C(C)CC[C@@]1(O)[C@@H](OC(=O)c1ccccc1)[C@@H]1[C@]3(OC(C)=O)CO[C@@H]3C[C@H](O)[C@@]1(C)C(=O)[C@@H]2OC(C)=O. The minimum atomic E-state index is -2.55. The molecule has 0 spiro atoms. The van der Waals surface area contributed by atoms with Crippen molar-refractivity contribution in [1.82, 2.24) is 0 Å². The van der Waals surface area contributed by atoms with Gasteiger partial charge in [0, 0.05) is 25.8 Å². The van der Waals surface area contributed by atoms with E-state index in [1.807, 2.05) is 0 Å². The van der Waals surface area contributed by atoms with Gasteiger partial charge in [0.2, 0.25) is 0 Å². The monoisotopic (exact) mass is 758 g/mol. The van der Waals surface area contributed by atoms with Gasteiger partial charge in [-0.1, -0.05) is 54.1 Å². The van der Waals surface area contributed by atoms with E-state index in [0.717, 1.165) is 13.8 Å². The van der Waals surface area contributed by atoms with Gasteiger partial charge in [-0.25, -0.2) is 9.59 Å². The van der Waals surface area contributed by atoms with Crippen LogP contribution >= 0.6 is 0 Å². The van der Waals surface area contributed by atoms with Gasteiger partial charge in [-0.2, -0.15) is 5.11 Å². The Kier molecular flexibility index (Phi) is 10.7. The Balaban J connectivity index is 1.62. The first-order valence-corrected chi connectivity index (χ1v) is 17.9. The predicted molar refractivity (Wildman–Crippen MR) is 190 cm³/mol. The van der Waals surface area contributed by atoms with Crippen LogP contribution in [0.4, 0.5) is 0 Å². The molecule has 15 nitrogen and oxygen atoms in total. The molecule has 0 amide bonds. The molecule has 2 saturated carbocycles. The van der Waals surface area contributed by atoms with Crippen molar-refractivity contribution in [2.45, 2.75) is 107 Å². The highest BCUT2D eigenvalue weighted by molar-refractivity contribution is 6.04. The molecule has 3 aliphatic carbocycles. The van der Waals surface area contributed by atoms with Crippen molar-refractivity contribution in [2.75, 3.05) is 6.61 Å². The van der Waals surface area contributed by atoms with Crippen molar-refractivity contribution in [2.24, 2.45) is 21.5 Å². The average Bonchev–Trinajstić information content (AvgIpc) is 3.14. The van der Waals surface area contributed by atoms with Crippen molar-refractivity contribution in [3.05, 3.63) is 82.9 Å². The maximum absolute atomic E-state index is 15.3. The first-order chi connectivity index (χ1) is 26.0. The van der Waals surface area contributed by atoms with Gasteiger partial charge in [0.1, 0.15) is 23.9 Å². The summed E-state index contributed by atoms with van der Waals surface area (Å²) in [6.45, 7) is 6.10. The first-order valence-electron chi connectivity index (χ1n) is 17.9. The van der Waals surface area contributed by atoms with Gasteiger partial charge in [-0.3, -0.25) is 19.4 Å². The maximum atomic E-state index is 15.3. The lowest BCUT2D eigenvalue weighted by atomic mass is 9.46. The molecule has 6 rings (SSSR count). The number of hydrogen-bond acceptors (Lipinski definition) is 15. The number of carbonyl (C=O) groups excluding carboxylic acids is 5. The van der Waals surface area contributed by atoms with E-state index in [4.69, 9.17) is 31.7 Å². The van der Waals surface area contributed by atoms with Gasteiger partial charge in [0.25, 0.3) is 7.98 Å². The molecule has 2 aromatic rings. The zero-order valence-corrected chi connectivity index (χ0v) is 31.0. The van der Waals surface area contributed by atoms with Crippen molar-refractivity contribution in [3.8, 4) is 0 Å². The van der Waals surface area contributed by atoms with Crippen molar-refractivity contribution in [3.63, 3.8) is 0 Å². The lowest BCUT2D eigenvalue weighted by Crippen LogP contribution is -2.83. The molecule has 55 heavy (non-hydrogen) atoms. The van der Waals surface area contributed by atoms with Crippen molar-refractivity contribution >= 4 is 37.6 Å². The van der Waals surface area contributed by atoms with Crippen LogP contribution in [0.5, 0.6) is 0 Å². The van der Waals surface area contributed by atoms with Crippen LogP contribution in [-0.2, 0) is 42.9 Å². The Bertz CT molecular complexity index is 1930. The van der Waals surface area contributed by atoms with Gasteiger partial charge >= 0.3 is 23.9 Å². The molecule has 11 atom stereocenters. The second kappa shape index (κ2) is 14.7. The molecule has 2 radical (unpaired) electrons. The van der Waals surface area contributed by atoms with E-state index in [-0.39, 0.29) is 37.0 Å². The van der Waals surface area contributed by atoms with E-state index >= 15 is 4.79 Å². The topological polar surface area (TPSA) is 217 Å². The number of allylic oxidation sites excluding steroid dienone is 1. The molecule has 16 heteroatoms. The fourth-order valence-corrected chi connectivity index (χ4v) is 9.14. The number of benzene rings is 2. The van der Waals surface area contributed by atoms with Crippen LogP contribution in [0.2, 0.25) is 0 Å². The number of aliphatic hydroxyl groups excluding tert-OH is 2. The highest BCUT2D eigenvalue weighted by Crippen LogP contribution is 2.63. The maximum Gasteiger partial charge on any atom is 0.338 e. The zero-order valence-electron chi connectivity index (χ0n) is 31.0. The van der Waals surface area contributed by atoms with Crippen LogP contribution in [0.1, 0.15) is 75.8 Å². The standard InChI is InChI=1S/C39H43BN2O13/c1-20-16-17-39(50)33(53-34(48)24-14-10-7-11-15-24)31-36(4,25(45)18-26-38(31,19-51-26)54-22(3)44)32(47)30(52-21(2)43)27(20)37(39,5)55-35(49)29(46)28(41-42-40)23-12-8-6-9-13-23/h6-15,25-26,28-31,33,45-46,50H,16-19H2,1-5H3/t25-,26+,28-,29+,30+,31-,33-,36+,37?,38-,39+/m0/s1. The summed E-state index contributed by atoms with van der Waals surface area (Å²) in [7, 11) is 5.37. The minimum Gasteiger partial charge on any atom is -0.455 e. The Hall–Kier alpha value is -4.77. The number of Topliss-reactive ketones (excluding diaryl/α,β-unsaturated/α-hetero) is 1. The highest BCUT2D eigenvalue weighted by atomic mass is 16.6. The summed E-state index contributed by atoms with van der Waals surface area (Å²) in [6.07, 6.45) is -9.03. The summed E-state index contributed by atoms with van der Waals surface area (Å²) in [5.41, 5.74) is -8.26. The lowest BCUT2D eigenvalue weighted by Gasteiger charge is -2.67. The smallest absolute Gasteiger partial charge is 0.338 e. The van der Waals surface area contributed by atoms with Gasteiger partial charge in [-0.05, 0) is 51.3 Å². The summed E-state index contributed by atoms with van der Waals surface area (Å²) in [5, 5.41) is 44.1. The third kappa shape index (κ3) is 6.38. The van der Waals surface area contributed by atoms with Crippen LogP contribution in [0.25, 0.3) is 0 Å². The van der Waals surface area contributed by atoms with Gasteiger partial charge in [0.05, 0.1) is 29.6 Å². The summed E-state index contributed by atoms with van der Waals surface area (Å²) in [6, 6.07) is 14.5. The van der Waals surface area contributed by atoms with Crippen LogP contribution < -0.4 is 0 Å². The number of ether oxygens (including phenoxy) is 5. The van der Waals surface area contributed by atoms with Crippen molar-refractivity contribution in [1.29, 1.82) is 0 Å². The van der Waals surface area contributed by atoms with Crippen LogP contribution in [0, 0.1) is 11.3 Å². The molecule has 2 aromatic carbocycles. The second-order valence-electron chi connectivity index (χ2n) is 15.0. The van der Waals surface area contributed by atoms with E-state index in [1.165, 1.54) is 26.0 Å². The Morgan fingerprint density at radius 2 is 1.60 bits per heavy atom. The zero-order chi connectivity index (χ0) is 40.1. The predicted octanol–water partition coefficient (Wildman–Crippen LogP) is 2.60. The molecule has 1 heterocycles. The minimum absolute atomic E-state index is 0.00642. The number of hydrogen-bond donors (Lipinski definition) is 3. The number of fused-ring (bicyclic) bond motifs is 5. The molecule has 290 valence electrons. The van der Waals surface area contributed by atoms with E-state index in [9.17, 15) is 34.5 Å². The fourth-order valence-electron chi connectivity index (χ4n) is 9.14. The second-order valence-corrected chi connectivity index (χ2v) is 15.0. The lowest BCUT2D eigenvalue weighted by molar-refractivity contribution is -0.348. The number of ketones is 1. The summed E-state index contributed by atoms with van der Waals surface area (Å²) >= 11 is 0. The van der Waals surface area contributed by atoms with Crippen LogP contribution in [0.15, 0.2) is 81.9 Å². The van der Waals surface area contributed by atoms with E-state index in [0.29, 0.717) is 11.1 Å². The molecule has 3 N–H and O–H groups in total. The molecule has 0 aromatic heterocycles. The van der Waals surface area contributed by atoms with Gasteiger partial charge < -0.3 is 39.0 Å². The number of aliphatic hydroxyl groups is 3. The average molecular weight is 759 g/mol. The van der Waals surface area contributed by atoms with Gasteiger partial charge in [-0.15, -0.1) is 0 Å². The molecule has 3 fully saturated rings. The number of carbonyl (C=O) groups is 5. The fraction of sp³-hybridized carbons (Fsp3) is 0.513. The summed E-state index contributed by atoms with van der Waals surface area (Å²) < 4.78 is 30.1. The van der Waals surface area contributed by atoms with E-state index in [1.54, 1.807) is 55.5 Å². The molecule has 1 saturated heterocycles. The molecular formula is C39H43BN2O13. The molecule has 1 unspecified atom stereocenters. The van der Waals surface area contributed by atoms with E-state index < -0.39 is 94.4 Å². The third-order valence-corrected chi connectivity index (χ3v) is 11.9. The van der Waals surface area contributed by atoms with Crippen molar-refractivity contribution < 1.29 is 63.0 Å². The molecule has 1 aliphatic heterocycles. The number of esters is 4. The van der Waals surface area contributed by atoms with Gasteiger partial charge in [0.15, 0.2) is 29.2 Å². The Morgan fingerprint density at radius 3 is 2.16 bits per heavy atom. The molecule has 4 aliphatic rings. The third-order valence-electron chi connectivity index (χ3n) is 11.9. The van der Waals surface area contributed by atoms with Crippen LogP contribution in [-0.4, -0.2) is 107 Å². The quantitative estimate of drug-likeness (QED) is 0.110.